The van der Waals surface area contributed by atoms with Crippen LogP contribution >= 0.6 is 0 Å². The number of likely N-dealkylation sites (tertiary alicyclic amines) is 1. The zero-order chi connectivity index (χ0) is 13.8. The first kappa shape index (κ1) is 14.1. The van der Waals surface area contributed by atoms with Crippen LogP contribution in [-0.2, 0) is 9.53 Å². The minimum absolute atomic E-state index is 0.0913. The molecule has 2 unspecified atom stereocenters. The van der Waals surface area contributed by atoms with Crippen LogP contribution in [0.3, 0.4) is 0 Å². The first-order valence-corrected chi connectivity index (χ1v) is 6.95. The zero-order valence-electron chi connectivity index (χ0n) is 11.4. The van der Waals surface area contributed by atoms with E-state index < -0.39 is 12.0 Å². The molecule has 108 valence electrons. The fraction of sp³-hybridized carbons (Fsp3) is 0.846. The molecular formula is C13H22N2O4. The number of urea groups is 1. The van der Waals surface area contributed by atoms with E-state index in [0.717, 1.165) is 32.3 Å². The molecule has 2 fully saturated rings. The van der Waals surface area contributed by atoms with E-state index in [1.54, 1.807) is 11.9 Å². The van der Waals surface area contributed by atoms with Gasteiger partial charge in [-0.25, -0.2) is 9.59 Å². The van der Waals surface area contributed by atoms with Crippen LogP contribution in [0.1, 0.15) is 32.1 Å². The Morgan fingerprint density at radius 2 is 2.11 bits per heavy atom. The van der Waals surface area contributed by atoms with E-state index in [9.17, 15) is 9.59 Å². The Morgan fingerprint density at radius 3 is 2.74 bits per heavy atom. The third kappa shape index (κ3) is 3.37. The molecule has 2 heterocycles. The SMILES string of the molecule is CN(CC1CCCCO1)C(=O)N1CCCC1C(=O)O. The maximum Gasteiger partial charge on any atom is 0.326 e. The van der Waals surface area contributed by atoms with Gasteiger partial charge in [0, 0.05) is 26.7 Å². The van der Waals surface area contributed by atoms with E-state index in [1.165, 1.54) is 4.90 Å². The molecule has 2 rings (SSSR count). The van der Waals surface area contributed by atoms with Gasteiger partial charge in [-0.15, -0.1) is 0 Å². The average Bonchev–Trinajstić information content (AvgIpc) is 2.88. The summed E-state index contributed by atoms with van der Waals surface area (Å²) in [6.45, 7) is 1.83. The number of nitrogens with zero attached hydrogens (tertiary/aromatic N) is 2. The molecule has 2 amide bonds. The molecule has 0 saturated carbocycles. The Kier molecular flexibility index (Phi) is 4.63. The van der Waals surface area contributed by atoms with Crippen molar-refractivity contribution in [3.05, 3.63) is 0 Å². The predicted octanol–water partition coefficient (Wildman–Crippen LogP) is 1.16. The lowest BCUT2D eigenvalue weighted by atomic mass is 10.1. The summed E-state index contributed by atoms with van der Waals surface area (Å²) in [5.74, 6) is -0.909. The minimum atomic E-state index is -0.909. The highest BCUT2D eigenvalue weighted by Gasteiger charge is 2.35. The van der Waals surface area contributed by atoms with E-state index in [1.807, 2.05) is 0 Å². The second-order valence-corrected chi connectivity index (χ2v) is 5.34. The molecule has 2 aliphatic rings. The highest BCUT2D eigenvalue weighted by molar-refractivity contribution is 5.83. The van der Waals surface area contributed by atoms with E-state index in [0.29, 0.717) is 19.5 Å². The van der Waals surface area contributed by atoms with Gasteiger partial charge in [-0.05, 0) is 32.1 Å². The molecule has 2 saturated heterocycles. The van der Waals surface area contributed by atoms with Gasteiger partial charge in [-0.1, -0.05) is 0 Å². The molecule has 2 atom stereocenters. The number of carboxylic acid groups (broad SMARTS) is 1. The summed E-state index contributed by atoms with van der Waals surface area (Å²) in [5.41, 5.74) is 0. The van der Waals surface area contributed by atoms with Crippen molar-refractivity contribution in [2.75, 3.05) is 26.7 Å². The average molecular weight is 270 g/mol. The first-order chi connectivity index (χ1) is 9.09. The molecule has 0 radical (unpaired) electrons. The second kappa shape index (κ2) is 6.23. The van der Waals surface area contributed by atoms with Crippen molar-refractivity contribution >= 4 is 12.0 Å². The van der Waals surface area contributed by atoms with Crippen LogP contribution in [0.2, 0.25) is 0 Å². The van der Waals surface area contributed by atoms with Crippen LogP contribution in [-0.4, -0.2) is 65.8 Å². The number of likely N-dealkylation sites (N-methyl/N-ethyl adjacent to an activating group) is 1. The highest BCUT2D eigenvalue weighted by atomic mass is 16.5. The monoisotopic (exact) mass is 270 g/mol. The number of ether oxygens (including phenoxy) is 1. The van der Waals surface area contributed by atoms with Crippen LogP contribution in [0.15, 0.2) is 0 Å². The Balaban J connectivity index is 1.89. The van der Waals surface area contributed by atoms with Crippen LogP contribution in [0.5, 0.6) is 0 Å². The van der Waals surface area contributed by atoms with Crippen LogP contribution in [0.4, 0.5) is 4.79 Å². The molecule has 0 bridgehead atoms. The van der Waals surface area contributed by atoms with Gasteiger partial charge in [0.2, 0.25) is 0 Å². The molecule has 0 aliphatic carbocycles. The largest absolute Gasteiger partial charge is 0.480 e. The van der Waals surface area contributed by atoms with Crippen molar-refractivity contribution in [3.8, 4) is 0 Å². The summed E-state index contributed by atoms with van der Waals surface area (Å²) in [5, 5.41) is 9.10. The summed E-state index contributed by atoms with van der Waals surface area (Å²) >= 11 is 0. The fourth-order valence-corrected chi connectivity index (χ4v) is 2.81. The quantitative estimate of drug-likeness (QED) is 0.835. The molecule has 19 heavy (non-hydrogen) atoms. The van der Waals surface area contributed by atoms with E-state index in [4.69, 9.17) is 9.84 Å². The number of aliphatic carboxylic acids is 1. The molecule has 0 aromatic heterocycles. The normalized spacial score (nSPS) is 27.3. The van der Waals surface area contributed by atoms with Crippen molar-refractivity contribution in [2.24, 2.45) is 0 Å². The van der Waals surface area contributed by atoms with Gasteiger partial charge in [0.1, 0.15) is 6.04 Å². The lowest BCUT2D eigenvalue weighted by molar-refractivity contribution is -0.141. The zero-order valence-corrected chi connectivity index (χ0v) is 11.4. The Morgan fingerprint density at radius 1 is 1.32 bits per heavy atom. The number of carbonyl (C=O) groups excluding carboxylic acids is 1. The third-order valence-corrected chi connectivity index (χ3v) is 3.86. The fourth-order valence-electron chi connectivity index (χ4n) is 2.81. The standard InChI is InChI=1S/C13H22N2O4/c1-14(9-10-5-2-3-8-19-10)13(18)15-7-4-6-11(15)12(16)17/h10-11H,2-9H2,1H3,(H,16,17). The van der Waals surface area contributed by atoms with Gasteiger partial charge >= 0.3 is 12.0 Å². The predicted molar refractivity (Wildman–Crippen MR) is 69.0 cm³/mol. The maximum atomic E-state index is 12.3. The summed E-state index contributed by atoms with van der Waals surface area (Å²) in [6, 6.07) is -0.860. The molecule has 1 N–H and O–H groups in total. The number of carboxylic acids is 1. The summed E-state index contributed by atoms with van der Waals surface area (Å²) < 4.78 is 5.61. The number of rotatable bonds is 3. The van der Waals surface area contributed by atoms with Crippen molar-refractivity contribution in [1.82, 2.24) is 9.80 Å². The molecule has 6 heteroatoms. The van der Waals surface area contributed by atoms with Crippen molar-refractivity contribution in [1.29, 1.82) is 0 Å². The lowest BCUT2D eigenvalue weighted by Gasteiger charge is -2.31. The Hall–Kier alpha value is -1.30. The minimum Gasteiger partial charge on any atom is -0.480 e. The number of hydrogen-bond donors (Lipinski definition) is 1. The topological polar surface area (TPSA) is 70.1 Å². The summed E-state index contributed by atoms with van der Waals surface area (Å²) in [4.78, 5) is 26.4. The van der Waals surface area contributed by atoms with Crippen molar-refractivity contribution < 1.29 is 19.4 Å². The number of amides is 2. The highest BCUT2D eigenvalue weighted by Crippen LogP contribution is 2.20. The van der Waals surface area contributed by atoms with Crippen LogP contribution in [0.25, 0.3) is 0 Å². The molecule has 6 nitrogen and oxygen atoms in total. The second-order valence-electron chi connectivity index (χ2n) is 5.34. The van der Waals surface area contributed by atoms with E-state index >= 15 is 0 Å². The van der Waals surface area contributed by atoms with E-state index in [2.05, 4.69) is 0 Å². The number of carbonyl (C=O) groups is 2. The molecule has 2 aliphatic heterocycles. The maximum absolute atomic E-state index is 12.3. The van der Waals surface area contributed by atoms with Gasteiger partial charge in [-0.3, -0.25) is 0 Å². The smallest absolute Gasteiger partial charge is 0.326 e. The van der Waals surface area contributed by atoms with Gasteiger partial charge in [0.15, 0.2) is 0 Å². The number of hydrogen-bond acceptors (Lipinski definition) is 3. The molecule has 0 aromatic carbocycles. The third-order valence-electron chi connectivity index (χ3n) is 3.86. The van der Waals surface area contributed by atoms with Crippen LogP contribution < -0.4 is 0 Å². The Labute approximate surface area is 113 Å². The molecular weight excluding hydrogens is 248 g/mol. The van der Waals surface area contributed by atoms with Gasteiger partial charge in [0.25, 0.3) is 0 Å². The van der Waals surface area contributed by atoms with Crippen molar-refractivity contribution in [2.45, 2.75) is 44.2 Å². The molecule has 0 spiro atoms. The van der Waals surface area contributed by atoms with Crippen molar-refractivity contribution in [3.63, 3.8) is 0 Å². The van der Waals surface area contributed by atoms with Gasteiger partial charge in [0.05, 0.1) is 6.10 Å². The first-order valence-electron chi connectivity index (χ1n) is 6.95. The summed E-state index contributed by atoms with van der Waals surface area (Å²) in [6.07, 6.45) is 4.59. The van der Waals surface area contributed by atoms with Gasteiger partial charge in [-0.2, -0.15) is 0 Å². The Bertz CT molecular complexity index is 342. The van der Waals surface area contributed by atoms with Gasteiger partial charge < -0.3 is 19.6 Å². The lowest BCUT2D eigenvalue weighted by Crippen LogP contribution is -2.48. The van der Waals surface area contributed by atoms with Crippen LogP contribution in [0, 0.1) is 0 Å². The summed E-state index contributed by atoms with van der Waals surface area (Å²) in [7, 11) is 1.72. The molecule has 0 aromatic rings. The van der Waals surface area contributed by atoms with E-state index in [-0.39, 0.29) is 12.1 Å².